The molecule has 0 spiro atoms. The van der Waals surface area contributed by atoms with Gasteiger partial charge in [-0.25, -0.2) is 5.43 Å². The number of aromatic nitrogens is 1. The van der Waals surface area contributed by atoms with Crippen molar-refractivity contribution in [2.45, 2.75) is 45.6 Å². The quantitative estimate of drug-likeness (QED) is 0.483. The maximum atomic E-state index is 12.5. The molecule has 0 aromatic carbocycles. The van der Waals surface area contributed by atoms with Gasteiger partial charge in [-0.15, -0.1) is 0 Å². The van der Waals surface area contributed by atoms with Crippen LogP contribution in [-0.4, -0.2) is 42.0 Å². The smallest absolute Gasteiger partial charge is 0.274 e. The van der Waals surface area contributed by atoms with Crippen LogP contribution in [-0.2, 0) is 9.59 Å². The van der Waals surface area contributed by atoms with Gasteiger partial charge in [0.15, 0.2) is 5.69 Å². The van der Waals surface area contributed by atoms with Gasteiger partial charge in [-0.3, -0.25) is 19.8 Å². The Kier molecular flexibility index (Phi) is 5.26. The van der Waals surface area contributed by atoms with Gasteiger partial charge >= 0.3 is 0 Å². The summed E-state index contributed by atoms with van der Waals surface area (Å²) in [5, 5.41) is 9.17. The molecule has 2 atom stereocenters. The highest BCUT2D eigenvalue weighted by molar-refractivity contribution is 5.96. The Labute approximate surface area is 151 Å². The Morgan fingerprint density at radius 2 is 2.23 bits per heavy atom. The number of nitrogens with zero attached hydrogens (tertiary/aromatic N) is 1. The Balaban J connectivity index is 1.55. The molecule has 0 radical (unpaired) electrons. The van der Waals surface area contributed by atoms with Gasteiger partial charge in [-0.1, -0.05) is 12.1 Å². The number of hydrazine groups is 1. The molecule has 1 aromatic rings. The zero-order valence-corrected chi connectivity index (χ0v) is 15.1. The monoisotopic (exact) mass is 363 g/mol. The normalized spacial score (nSPS) is 21.8. The number of aryl methyl sites for hydroxylation is 1. The highest BCUT2D eigenvalue weighted by Gasteiger charge is 2.41. The third kappa shape index (κ3) is 4.60. The van der Waals surface area contributed by atoms with Crippen molar-refractivity contribution in [1.82, 2.24) is 26.6 Å². The summed E-state index contributed by atoms with van der Waals surface area (Å²) in [6.45, 7) is 4.81. The van der Waals surface area contributed by atoms with Gasteiger partial charge in [0.2, 0.25) is 5.91 Å². The molecule has 3 rings (SSSR count). The van der Waals surface area contributed by atoms with Crippen molar-refractivity contribution in [3.63, 3.8) is 0 Å². The predicted molar refractivity (Wildman–Crippen MR) is 91.7 cm³/mol. The van der Waals surface area contributed by atoms with Crippen molar-refractivity contribution >= 4 is 17.7 Å². The summed E-state index contributed by atoms with van der Waals surface area (Å²) >= 11 is 0. The van der Waals surface area contributed by atoms with E-state index in [2.05, 4.69) is 33.6 Å². The molecule has 1 saturated heterocycles. The van der Waals surface area contributed by atoms with Gasteiger partial charge in [0, 0.05) is 19.2 Å². The fourth-order valence-corrected chi connectivity index (χ4v) is 3.01. The van der Waals surface area contributed by atoms with Gasteiger partial charge in [0.25, 0.3) is 11.8 Å². The van der Waals surface area contributed by atoms with E-state index in [-0.39, 0.29) is 28.8 Å². The maximum absolute atomic E-state index is 12.5. The van der Waals surface area contributed by atoms with Crippen LogP contribution in [0.5, 0.6) is 0 Å². The minimum absolute atomic E-state index is 0.0107. The molecule has 2 aliphatic rings. The summed E-state index contributed by atoms with van der Waals surface area (Å²) in [7, 11) is 0. The van der Waals surface area contributed by atoms with Gasteiger partial charge in [-0.2, -0.15) is 0 Å². The number of amides is 3. The first-order chi connectivity index (χ1) is 12.4. The van der Waals surface area contributed by atoms with Crippen LogP contribution in [0.25, 0.3) is 0 Å². The molecule has 2 fully saturated rings. The van der Waals surface area contributed by atoms with E-state index in [9.17, 15) is 14.4 Å². The first-order valence-electron chi connectivity index (χ1n) is 8.91. The van der Waals surface area contributed by atoms with Crippen LogP contribution in [0.3, 0.4) is 0 Å². The van der Waals surface area contributed by atoms with Crippen molar-refractivity contribution in [2.24, 2.45) is 11.3 Å². The molecular weight excluding hydrogens is 338 g/mol. The van der Waals surface area contributed by atoms with Gasteiger partial charge < -0.3 is 15.2 Å². The first-order valence-corrected chi connectivity index (χ1v) is 8.91. The highest BCUT2D eigenvalue weighted by atomic mass is 16.5. The van der Waals surface area contributed by atoms with Gasteiger partial charge in [0.1, 0.15) is 11.8 Å². The van der Waals surface area contributed by atoms with Crippen LogP contribution in [0.1, 0.15) is 48.9 Å². The van der Waals surface area contributed by atoms with Crippen molar-refractivity contribution in [3.8, 4) is 0 Å². The molecule has 9 heteroatoms. The van der Waals surface area contributed by atoms with Crippen molar-refractivity contribution < 1.29 is 18.9 Å². The lowest BCUT2D eigenvalue weighted by atomic mass is 9.98. The first kappa shape index (κ1) is 18.4. The van der Waals surface area contributed by atoms with Crippen LogP contribution in [0, 0.1) is 18.3 Å². The summed E-state index contributed by atoms with van der Waals surface area (Å²) in [5.74, 6) is -0.403. The molecule has 0 unspecified atom stereocenters. The average molecular weight is 363 g/mol. The van der Waals surface area contributed by atoms with Gasteiger partial charge in [-0.05, 0) is 38.0 Å². The lowest BCUT2D eigenvalue weighted by molar-refractivity contribution is -0.126. The number of carbonyl (C=O) groups excluding carboxylic acids is 3. The van der Waals surface area contributed by atoms with Crippen LogP contribution >= 0.6 is 0 Å². The van der Waals surface area contributed by atoms with E-state index in [1.54, 1.807) is 6.92 Å². The fourth-order valence-electron chi connectivity index (χ4n) is 3.01. The lowest BCUT2D eigenvalue weighted by Gasteiger charge is -2.21. The topological polar surface area (TPSA) is 125 Å². The zero-order valence-electron chi connectivity index (χ0n) is 15.1. The molecule has 3 amide bonds. The molecule has 1 aliphatic heterocycles. The summed E-state index contributed by atoms with van der Waals surface area (Å²) in [6, 6.07) is 0.844. The highest BCUT2D eigenvalue weighted by Crippen LogP contribution is 2.48. The standard InChI is InChI=1S/C17H25N5O4/c1-10-7-12(22-26-10)15(24)20-13(8-17(2)4-5-17)16(25)21-19-9-11-3-6-18-14(11)23/h7,11,13,19H,3-6,8-9H2,1-2H3,(H,18,23)(H,20,24)(H,21,25)/t11-,13-/m0/s1. The molecule has 9 nitrogen and oxygen atoms in total. The second kappa shape index (κ2) is 7.45. The molecule has 26 heavy (non-hydrogen) atoms. The minimum Gasteiger partial charge on any atom is -0.361 e. The Morgan fingerprint density at radius 3 is 2.81 bits per heavy atom. The van der Waals surface area contributed by atoms with E-state index in [0.29, 0.717) is 25.3 Å². The number of hydrogen-bond acceptors (Lipinski definition) is 6. The van der Waals surface area contributed by atoms with E-state index in [0.717, 1.165) is 19.3 Å². The second-order valence-electron chi connectivity index (χ2n) is 7.51. The second-order valence-corrected chi connectivity index (χ2v) is 7.51. The molecule has 142 valence electrons. The third-order valence-corrected chi connectivity index (χ3v) is 5.01. The number of rotatable bonds is 8. The Hall–Kier alpha value is -2.42. The van der Waals surface area contributed by atoms with Gasteiger partial charge in [0.05, 0.1) is 5.92 Å². The number of nitrogens with one attached hydrogen (secondary N) is 4. The third-order valence-electron chi connectivity index (χ3n) is 5.01. The molecule has 4 N–H and O–H groups in total. The van der Waals surface area contributed by atoms with Crippen molar-refractivity contribution in [3.05, 3.63) is 17.5 Å². The van der Waals surface area contributed by atoms with E-state index in [1.807, 2.05) is 0 Å². The Bertz CT molecular complexity index is 697. The SMILES string of the molecule is Cc1cc(C(=O)N[C@@H](CC2(C)CC2)C(=O)NNC[C@@H]2CCNC2=O)no1. The van der Waals surface area contributed by atoms with Crippen LogP contribution in [0.2, 0.25) is 0 Å². The van der Waals surface area contributed by atoms with Crippen LogP contribution in [0.15, 0.2) is 10.6 Å². The predicted octanol–water partition coefficient (Wildman–Crippen LogP) is 0.0285. The average Bonchev–Trinajstić information content (AvgIpc) is 2.95. The summed E-state index contributed by atoms with van der Waals surface area (Å²) < 4.78 is 4.91. The van der Waals surface area contributed by atoms with Crippen LogP contribution in [0.4, 0.5) is 0 Å². The molecular formula is C17H25N5O4. The van der Waals surface area contributed by atoms with E-state index >= 15 is 0 Å². The van der Waals surface area contributed by atoms with E-state index < -0.39 is 11.9 Å². The zero-order chi connectivity index (χ0) is 18.7. The number of hydrogen-bond donors (Lipinski definition) is 4. The molecule has 1 saturated carbocycles. The summed E-state index contributed by atoms with van der Waals surface area (Å²) in [5.41, 5.74) is 5.65. The van der Waals surface area contributed by atoms with Crippen molar-refractivity contribution in [1.29, 1.82) is 0 Å². The Morgan fingerprint density at radius 1 is 1.46 bits per heavy atom. The molecule has 1 aromatic heterocycles. The molecule has 2 heterocycles. The fraction of sp³-hybridized carbons (Fsp3) is 0.647. The van der Waals surface area contributed by atoms with Crippen molar-refractivity contribution in [2.75, 3.05) is 13.1 Å². The van der Waals surface area contributed by atoms with E-state index in [1.165, 1.54) is 6.07 Å². The largest absolute Gasteiger partial charge is 0.361 e. The maximum Gasteiger partial charge on any atom is 0.274 e. The molecule has 0 bridgehead atoms. The summed E-state index contributed by atoms with van der Waals surface area (Å²) in [4.78, 5) is 36.4. The summed E-state index contributed by atoms with van der Waals surface area (Å²) in [6.07, 6.45) is 3.36. The lowest BCUT2D eigenvalue weighted by Crippen LogP contribution is -2.52. The molecule has 1 aliphatic carbocycles. The minimum atomic E-state index is -0.683. The van der Waals surface area contributed by atoms with E-state index in [4.69, 9.17) is 4.52 Å². The number of carbonyl (C=O) groups is 3. The van der Waals surface area contributed by atoms with Crippen LogP contribution < -0.4 is 21.5 Å².